The van der Waals surface area contributed by atoms with Crippen LogP contribution in [0.5, 0.6) is 0 Å². The Balaban J connectivity index is 0.00000324. The quantitative estimate of drug-likeness (QED) is 0.470. The fraction of sp³-hybridized carbons (Fsp3) is 0.533. The summed E-state index contributed by atoms with van der Waals surface area (Å²) >= 11 is 0. The molecule has 0 fully saturated rings. The second-order valence-electron chi connectivity index (χ2n) is 5.07. The lowest BCUT2D eigenvalue weighted by molar-refractivity contribution is 0.646. The first-order valence-electron chi connectivity index (χ1n) is 6.68. The molecule has 0 bridgehead atoms. The number of nitrogens with two attached hydrogens (primary N) is 1. The van der Waals surface area contributed by atoms with Crippen molar-refractivity contribution in [3.63, 3.8) is 0 Å². The third-order valence-electron chi connectivity index (χ3n) is 2.82. The van der Waals surface area contributed by atoms with E-state index in [1.165, 1.54) is 11.1 Å². The standard InChI is InChI=1S/C15H25N3.HI/c1-5-17-15(16)18-12(4)14-8-6-13(7-9-14)10-11(2)3;/h6-9,11-12H,5,10H2,1-4H3,(H3,16,17,18);1H. The van der Waals surface area contributed by atoms with E-state index in [-0.39, 0.29) is 30.0 Å². The van der Waals surface area contributed by atoms with Gasteiger partial charge in [-0.1, -0.05) is 38.1 Å². The van der Waals surface area contributed by atoms with Gasteiger partial charge in [-0.25, -0.2) is 0 Å². The number of aliphatic imine (C=N–C) groups is 1. The molecule has 1 atom stereocenters. The molecule has 0 radical (unpaired) electrons. The Morgan fingerprint density at radius 3 is 2.26 bits per heavy atom. The van der Waals surface area contributed by atoms with Crippen LogP contribution < -0.4 is 11.1 Å². The molecule has 0 aliphatic heterocycles. The zero-order chi connectivity index (χ0) is 13.5. The molecule has 0 aromatic heterocycles. The third-order valence-corrected chi connectivity index (χ3v) is 2.82. The summed E-state index contributed by atoms with van der Waals surface area (Å²) in [7, 11) is 0. The summed E-state index contributed by atoms with van der Waals surface area (Å²) in [6.07, 6.45) is 1.13. The Morgan fingerprint density at radius 2 is 1.79 bits per heavy atom. The molecule has 0 aliphatic rings. The SMILES string of the molecule is CCN=C(N)NC(C)c1ccc(CC(C)C)cc1.I. The normalized spacial score (nSPS) is 13.0. The molecule has 19 heavy (non-hydrogen) atoms. The number of halogens is 1. The van der Waals surface area contributed by atoms with Gasteiger partial charge in [0.25, 0.3) is 0 Å². The fourth-order valence-corrected chi connectivity index (χ4v) is 1.93. The van der Waals surface area contributed by atoms with Gasteiger partial charge in [-0.3, -0.25) is 4.99 Å². The maximum atomic E-state index is 5.76. The topological polar surface area (TPSA) is 50.4 Å². The molecule has 0 amide bonds. The molecule has 3 nitrogen and oxygen atoms in total. The molecule has 0 heterocycles. The second kappa shape index (κ2) is 9.18. The number of hydrogen-bond donors (Lipinski definition) is 2. The fourth-order valence-electron chi connectivity index (χ4n) is 1.93. The van der Waals surface area contributed by atoms with Gasteiger partial charge in [-0.2, -0.15) is 0 Å². The summed E-state index contributed by atoms with van der Waals surface area (Å²) in [6, 6.07) is 8.90. The highest BCUT2D eigenvalue weighted by Gasteiger charge is 2.06. The zero-order valence-electron chi connectivity index (χ0n) is 12.3. The lowest BCUT2D eigenvalue weighted by Crippen LogP contribution is -2.33. The Morgan fingerprint density at radius 1 is 1.21 bits per heavy atom. The molecular formula is C15H26IN3. The van der Waals surface area contributed by atoms with Crippen molar-refractivity contribution in [2.75, 3.05) is 6.54 Å². The first kappa shape index (κ1) is 18.2. The van der Waals surface area contributed by atoms with Crippen LogP contribution in [-0.2, 0) is 6.42 Å². The highest BCUT2D eigenvalue weighted by Crippen LogP contribution is 2.15. The highest BCUT2D eigenvalue weighted by molar-refractivity contribution is 14.0. The molecule has 0 saturated heterocycles. The van der Waals surface area contributed by atoms with Gasteiger partial charge in [-0.05, 0) is 37.3 Å². The van der Waals surface area contributed by atoms with E-state index in [0.717, 1.165) is 6.42 Å². The van der Waals surface area contributed by atoms with E-state index in [1.54, 1.807) is 0 Å². The minimum atomic E-state index is 0. The second-order valence-corrected chi connectivity index (χ2v) is 5.07. The van der Waals surface area contributed by atoms with Crippen molar-refractivity contribution in [1.82, 2.24) is 5.32 Å². The first-order valence-corrected chi connectivity index (χ1v) is 6.68. The van der Waals surface area contributed by atoms with Crippen LogP contribution in [0, 0.1) is 5.92 Å². The molecule has 1 rings (SSSR count). The minimum Gasteiger partial charge on any atom is -0.370 e. The maximum Gasteiger partial charge on any atom is 0.189 e. The van der Waals surface area contributed by atoms with Crippen LogP contribution in [0.15, 0.2) is 29.3 Å². The molecule has 1 unspecified atom stereocenters. The van der Waals surface area contributed by atoms with Crippen LogP contribution in [0.25, 0.3) is 0 Å². The minimum absolute atomic E-state index is 0. The van der Waals surface area contributed by atoms with Crippen molar-refractivity contribution >= 4 is 29.9 Å². The Bertz CT molecular complexity index is 385. The molecule has 1 aromatic carbocycles. The molecule has 3 N–H and O–H groups in total. The van der Waals surface area contributed by atoms with Gasteiger partial charge in [0.05, 0.1) is 6.04 Å². The van der Waals surface area contributed by atoms with E-state index in [1.807, 2.05) is 6.92 Å². The lowest BCUT2D eigenvalue weighted by Gasteiger charge is -2.15. The van der Waals surface area contributed by atoms with Gasteiger partial charge in [0.2, 0.25) is 0 Å². The number of rotatable bonds is 5. The third kappa shape index (κ3) is 6.80. The van der Waals surface area contributed by atoms with Crippen molar-refractivity contribution in [3.8, 4) is 0 Å². The van der Waals surface area contributed by atoms with E-state index in [9.17, 15) is 0 Å². The van der Waals surface area contributed by atoms with Crippen LogP contribution in [0.1, 0.15) is 44.9 Å². The van der Waals surface area contributed by atoms with Crippen molar-refractivity contribution in [2.45, 2.75) is 40.2 Å². The van der Waals surface area contributed by atoms with Gasteiger partial charge in [0.15, 0.2) is 5.96 Å². The smallest absolute Gasteiger partial charge is 0.189 e. The Hall–Kier alpha value is -0.780. The molecule has 0 aliphatic carbocycles. The number of guanidine groups is 1. The summed E-state index contributed by atoms with van der Waals surface area (Å²) in [5.41, 5.74) is 8.38. The van der Waals surface area contributed by atoms with E-state index in [0.29, 0.717) is 18.4 Å². The maximum absolute atomic E-state index is 5.76. The largest absolute Gasteiger partial charge is 0.370 e. The number of hydrogen-bond acceptors (Lipinski definition) is 1. The Kier molecular flexibility index (Phi) is 8.80. The van der Waals surface area contributed by atoms with Crippen molar-refractivity contribution in [3.05, 3.63) is 35.4 Å². The summed E-state index contributed by atoms with van der Waals surface area (Å²) in [5.74, 6) is 1.20. The zero-order valence-corrected chi connectivity index (χ0v) is 14.6. The van der Waals surface area contributed by atoms with Crippen LogP contribution in [0.3, 0.4) is 0 Å². The summed E-state index contributed by atoms with van der Waals surface area (Å²) in [4.78, 5) is 4.13. The van der Waals surface area contributed by atoms with Crippen molar-refractivity contribution < 1.29 is 0 Å². The lowest BCUT2D eigenvalue weighted by atomic mass is 10.00. The van der Waals surface area contributed by atoms with Gasteiger partial charge >= 0.3 is 0 Å². The Labute approximate surface area is 134 Å². The molecular weight excluding hydrogens is 349 g/mol. The van der Waals surface area contributed by atoms with E-state index >= 15 is 0 Å². The highest BCUT2D eigenvalue weighted by atomic mass is 127. The molecule has 4 heteroatoms. The van der Waals surface area contributed by atoms with E-state index in [4.69, 9.17) is 5.73 Å². The predicted octanol–water partition coefficient (Wildman–Crippen LogP) is 3.49. The van der Waals surface area contributed by atoms with Gasteiger partial charge < -0.3 is 11.1 Å². The molecule has 0 saturated carbocycles. The monoisotopic (exact) mass is 375 g/mol. The van der Waals surface area contributed by atoms with Crippen LogP contribution in [-0.4, -0.2) is 12.5 Å². The average Bonchev–Trinajstić information content (AvgIpc) is 2.29. The molecule has 1 aromatic rings. The summed E-state index contributed by atoms with van der Waals surface area (Å²) in [6.45, 7) is 9.24. The van der Waals surface area contributed by atoms with Gasteiger partial charge in [-0.15, -0.1) is 24.0 Å². The van der Waals surface area contributed by atoms with Crippen LogP contribution >= 0.6 is 24.0 Å². The summed E-state index contributed by atoms with van der Waals surface area (Å²) in [5, 5.41) is 3.19. The van der Waals surface area contributed by atoms with Crippen molar-refractivity contribution in [1.29, 1.82) is 0 Å². The molecule has 0 spiro atoms. The molecule has 108 valence electrons. The summed E-state index contributed by atoms with van der Waals surface area (Å²) < 4.78 is 0. The number of nitrogens with one attached hydrogen (secondary N) is 1. The predicted molar refractivity (Wildman–Crippen MR) is 94.1 cm³/mol. The van der Waals surface area contributed by atoms with Gasteiger partial charge in [0.1, 0.15) is 0 Å². The van der Waals surface area contributed by atoms with E-state index in [2.05, 4.69) is 55.3 Å². The number of nitrogens with zero attached hydrogens (tertiary/aromatic N) is 1. The number of benzene rings is 1. The van der Waals surface area contributed by atoms with Gasteiger partial charge in [0, 0.05) is 6.54 Å². The van der Waals surface area contributed by atoms with Crippen molar-refractivity contribution in [2.24, 2.45) is 16.6 Å². The van der Waals surface area contributed by atoms with Crippen LogP contribution in [0.2, 0.25) is 0 Å². The average molecular weight is 375 g/mol. The van der Waals surface area contributed by atoms with Crippen LogP contribution in [0.4, 0.5) is 0 Å². The van der Waals surface area contributed by atoms with E-state index < -0.39 is 0 Å². The first-order chi connectivity index (χ1) is 8.52.